The van der Waals surface area contributed by atoms with Gasteiger partial charge in [0.1, 0.15) is 28.9 Å². The number of amides is 1. The second kappa shape index (κ2) is 9.26. The summed E-state index contributed by atoms with van der Waals surface area (Å²) in [5.74, 6) is -5.83. The van der Waals surface area contributed by atoms with Crippen LogP contribution in [-0.2, 0) is 20.3 Å². The van der Waals surface area contributed by atoms with Gasteiger partial charge in [-0.25, -0.2) is 23.0 Å². The highest BCUT2D eigenvalue weighted by molar-refractivity contribution is 7.92. The lowest BCUT2D eigenvalue weighted by Gasteiger charge is -2.11. The molecule has 0 saturated carbocycles. The van der Waals surface area contributed by atoms with Crippen LogP contribution < -0.4 is 5.32 Å². The molecular formula is C22H14F6N4O3S. The number of anilines is 2. The number of hydrogen-bond donors (Lipinski definition) is 1. The van der Waals surface area contributed by atoms with E-state index in [1.807, 2.05) is 0 Å². The second-order valence-corrected chi connectivity index (χ2v) is 10.0. The molecule has 1 atom stereocenters. The number of halogens is 6. The molecule has 0 saturated heterocycles. The van der Waals surface area contributed by atoms with Crippen molar-refractivity contribution in [3.63, 3.8) is 0 Å². The highest BCUT2D eigenvalue weighted by Crippen LogP contribution is 2.34. The molecule has 1 aromatic carbocycles. The third-order valence-electron chi connectivity index (χ3n) is 4.77. The molecule has 4 aromatic rings. The highest BCUT2D eigenvalue weighted by atomic mass is 32.2. The standard InChI is InChI=1S/C22H14F6N4O3S/c1-36(34,32-21(33)22(26,27)28)10-11-6-17(25)30-19(7-11)31-18-8-14(16(24)9-29-18)12-2-3-15(23)13-4-5-35-20(12)13/h2-9H,10H2,1H3,(H,29,30,31). The van der Waals surface area contributed by atoms with Crippen molar-refractivity contribution in [1.82, 2.24) is 9.97 Å². The average Bonchev–Trinajstić information content (AvgIpc) is 3.25. The number of pyridine rings is 2. The van der Waals surface area contributed by atoms with Crippen LogP contribution in [0.2, 0.25) is 0 Å². The molecule has 0 spiro atoms. The van der Waals surface area contributed by atoms with Gasteiger partial charge in [-0.3, -0.25) is 4.79 Å². The quantitative estimate of drug-likeness (QED) is 0.262. The molecule has 1 N–H and O–H groups in total. The van der Waals surface area contributed by atoms with Crippen LogP contribution in [0.1, 0.15) is 5.56 Å². The second-order valence-electron chi connectivity index (χ2n) is 7.61. The SMILES string of the molecule is CS(=O)(Cc1cc(F)nc(Nc2cc(-c3ccc(F)c4ccoc34)c(F)cn2)c1)=NC(=O)C(F)(F)F. The molecule has 0 aliphatic heterocycles. The highest BCUT2D eigenvalue weighted by Gasteiger charge is 2.39. The number of aromatic nitrogens is 2. The molecular weight excluding hydrogens is 514 g/mol. The zero-order valence-electron chi connectivity index (χ0n) is 18.1. The summed E-state index contributed by atoms with van der Waals surface area (Å²) in [5.41, 5.74) is 0.209. The van der Waals surface area contributed by atoms with E-state index >= 15 is 0 Å². The van der Waals surface area contributed by atoms with E-state index in [0.717, 1.165) is 30.7 Å². The number of carbonyl (C=O) groups excluding carboxylic acids is 1. The fourth-order valence-electron chi connectivity index (χ4n) is 3.35. The van der Waals surface area contributed by atoms with Gasteiger partial charge in [-0.1, -0.05) is 0 Å². The third-order valence-corrected chi connectivity index (χ3v) is 6.19. The van der Waals surface area contributed by atoms with E-state index in [1.165, 1.54) is 24.5 Å². The Hall–Kier alpha value is -3.94. The maximum absolute atomic E-state index is 14.6. The Balaban J connectivity index is 1.65. The van der Waals surface area contributed by atoms with Gasteiger partial charge in [0.15, 0.2) is 0 Å². The van der Waals surface area contributed by atoms with Gasteiger partial charge in [-0.2, -0.15) is 21.9 Å². The van der Waals surface area contributed by atoms with Gasteiger partial charge in [-0.15, -0.1) is 0 Å². The van der Waals surface area contributed by atoms with Crippen LogP contribution in [0.4, 0.5) is 38.0 Å². The molecule has 3 heterocycles. The van der Waals surface area contributed by atoms with E-state index in [0.29, 0.717) is 0 Å². The molecule has 0 bridgehead atoms. The predicted molar refractivity (Wildman–Crippen MR) is 118 cm³/mol. The van der Waals surface area contributed by atoms with Crippen LogP contribution in [0, 0.1) is 17.6 Å². The molecule has 188 valence electrons. The first-order valence-corrected chi connectivity index (χ1v) is 12.0. The van der Waals surface area contributed by atoms with Crippen LogP contribution in [0.25, 0.3) is 22.1 Å². The van der Waals surface area contributed by atoms with Crippen LogP contribution in [0.15, 0.2) is 57.6 Å². The van der Waals surface area contributed by atoms with E-state index < -0.39 is 45.1 Å². The van der Waals surface area contributed by atoms with Crippen LogP contribution >= 0.6 is 0 Å². The molecule has 0 aliphatic rings. The van der Waals surface area contributed by atoms with Crippen molar-refractivity contribution < 1.29 is 39.8 Å². The Morgan fingerprint density at radius 3 is 2.53 bits per heavy atom. The van der Waals surface area contributed by atoms with E-state index in [4.69, 9.17) is 4.42 Å². The molecule has 1 unspecified atom stereocenters. The maximum Gasteiger partial charge on any atom is 0.474 e. The summed E-state index contributed by atoms with van der Waals surface area (Å²) < 4.78 is 100. The van der Waals surface area contributed by atoms with Gasteiger partial charge >= 0.3 is 12.1 Å². The normalized spacial score (nSPS) is 13.4. The van der Waals surface area contributed by atoms with Gasteiger partial charge < -0.3 is 9.73 Å². The molecule has 36 heavy (non-hydrogen) atoms. The zero-order chi connectivity index (χ0) is 26.3. The van der Waals surface area contributed by atoms with Crippen molar-refractivity contribution in [2.24, 2.45) is 4.36 Å². The molecule has 4 rings (SSSR count). The summed E-state index contributed by atoms with van der Waals surface area (Å²) in [6.07, 6.45) is -2.37. The Kier molecular flexibility index (Phi) is 6.47. The van der Waals surface area contributed by atoms with Gasteiger partial charge in [0, 0.05) is 17.4 Å². The lowest BCUT2D eigenvalue weighted by Crippen LogP contribution is -2.22. The van der Waals surface area contributed by atoms with Crippen molar-refractivity contribution in [1.29, 1.82) is 0 Å². The number of furan rings is 1. The zero-order valence-corrected chi connectivity index (χ0v) is 18.9. The number of alkyl halides is 3. The maximum atomic E-state index is 14.6. The topological polar surface area (TPSA) is 97.5 Å². The number of benzene rings is 1. The monoisotopic (exact) mass is 528 g/mol. The Bertz CT molecular complexity index is 1610. The molecule has 0 fully saturated rings. The first-order valence-electron chi connectivity index (χ1n) is 9.88. The molecule has 3 aromatic heterocycles. The fraction of sp³-hybridized carbons (Fsp3) is 0.136. The number of carbonyl (C=O) groups is 1. The fourth-order valence-corrected chi connectivity index (χ4v) is 4.65. The summed E-state index contributed by atoms with van der Waals surface area (Å²) >= 11 is 0. The van der Waals surface area contributed by atoms with Gasteiger partial charge in [0.25, 0.3) is 0 Å². The Labute approximate surface area is 199 Å². The Morgan fingerprint density at radius 2 is 1.81 bits per heavy atom. The smallest absolute Gasteiger partial charge is 0.464 e. The van der Waals surface area contributed by atoms with E-state index in [2.05, 4.69) is 19.6 Å². The van der Waals surface area contributed by atoms with Crippen LogP contribution in [-0.4, -0.2) is 32.5 Å². The molecule has 7 nitrogen and oxygen atoms in total. The minimum atomic E-state index is -5.30. The number of rotatable bonds is 5. The average molecular weight is 528 g/mol. The van der Waals surface area contributed by atoms with Crippen molar-refractivity contribution in [2.45, 2.75) is 11.9 Å². The van der Waals surface area contributed by atoms with Gasteiger partial charge in [0.05, 0.1) is 33.3 Å². The van der Waals surface area contributed by atoms with E-state index in [1.54, 1.807) is 0 Å². The lowest BCUT2D eigenvalue weighted by molar-refractivity contribution is -0.169. The number of nitrogens with zero attached hydrogens (tertiary/aromatic N) is 3. The number of nitrogens with one attached hydrogen (secondary N) is 1. The summed E-state index contributed by atoms with van der Waals surface area (Å²) in [6, 6.07) is 7.04. The predicted octanol–water partition coefficient (Wildman–Crippen LogP) is 5.74. The minimum absolute atomic E-state index is 0.0198. The van der Waals surface area contributed by atoms with Crippen molar-refractivity contribution in [3.8, 4) is 11.1 Å². The van der Waals surface area contributed by atoms with Crippen molar-refractivity contribution >= 4 is 38.2 Å². The summed E-state index contributed by atoms with van der Waals surface area (Å²) in [7, 11) is -3.71. The summed E-state index contributed by atoms with van der Waals surface area (Å²) in [4.78, 5) is 18.5. The summed E-state index contributed by atoms with van der Waals surface area (Å²) in [6.45, 7) is 0. The molecule has 0 aliphatic carbocycles. The van der Waals surface area contributed by atoms with Crippen molar-refractivity contribution in [3.05, 3.63) is 72.0 Å². The van der Waals surface area contributed by atoms with E-state index in [9.17, 15) is 35.3 Å². The minimum Gasteiger partial charge on any atom is -0.464 e. The molecule has 0 radical (unpaired) electrons. The largest absolute Gasteiger partial charge is 0.474 e. The van der Waals surface area contributed by atoms with Crippen molar-refractivity contribution in [2.75, 3.05) is 11.6 Å². The summed E-state index contributed by atoms with van der Waals surface area (Å²) in [5, 5.41) is 2.75. The molecule has 14 heteroatoms. The van der Waals surface area contributed by atoms with Crippen LogP contribution in [0.5, 0.6) is 0 Å². The molecule has 1 amide bonds. The third kappa shape index (κ3) is 5.48. The first-order chi connectivity index (χ1) is 16.8. The Morgan fingerprint density at radius 1 is 1.06 bits per heavy atom. The van der Waals surface area contributed by atoms with E-state index in [-0.39, 0.29) is 39.3 Å². The number of fused-ring (bicyclic) bond motifs is 1. The lowest BCUT2D eigenvalue weighted by atomic mass is 10.0. The van der Waals surface area contributed by atoms with Crippen LogP contribution in [0.3, 0.4) is 0 Å². The van der Waals surface area contributed by atoms with Gasteiger partial charge in [0.2, 0.25) is 5.95 Å². The van der Waals surface area contributed by atoms with Gasteiger partial charge in [-0.05, 0) is 42.0 Å². The first kappa shape index (κ1) is 25.2. The number of hydrogen-bond acceptors (Lipinski definition) is 6.